The average Bonchev–Trinajstić information content (AvgIpc) is 3.37. The Bertz CT molecular complexity index is 1380. The maximum absolute atomic E-state index is 13.8. The maximum Gasteiger partial charge on any atom is 0.162 e. The first kappa shape index (κ1) is 24.3. The molecule has 0 radical (unpaired) electrons. The number of hydrogen-bond acceptors (Lipinski definition) is 4. The van der Waals surface area contributed by atoms with E-state index in [1.54, 1.807) is 11.3 Å². The van der Waals surface area contributed by atoms with Crippen LogP contribution in [0.2, 0.25) is 0 Å². The van der Waals surface area contributed by atoms with Crippen molar-refractivity contribution in [1.82, 2.24) is 0 Å². The third-order valence-corrected chi connectivity index (χ3v) is 8.17. The third-order valence-electron chi connectivity index (χ3n) is 7.23. The van der Waals surface area contributed by atoms with E-state index in [0.717, 1.165) is 28.2 Å². The van der Waals surface area contributed by atoms with Crippen molar-refractivity contribution in [3.8, 4) is 0 Å². The smallest absolute Gasteiger partial charge is 0.162 e. The van der Waals surface area contributed by atoms with Gasteiger partial charge in [0.1, 0.15) is 11.6 Å². The number of aryl methyl sites for hydroxylation is 2. The fraction of sp³-hybridized carbons (Fsp3) is 0.290. The Labute approximate surface area is 217 Å². The fourth-order valence-corrected chi connectivity index (χ4v) is 6.23. The first-order valence-electron chi connectivity index (χ1n) is 12.5. The van der Waals surface area contributed by atoms with Crippen LogP contribution in [0.3, 0.4) is 0 Å². The lowest BCUT2D eigenvalue weighted by Gasteiger charge is -2.45. The summed E-state index contributed by atoms with van der Waals surface area (Å²) in [6.07, 6.45) is 2.06. The molecular formula is C31H32N2O2S. The Morgan fingerprint density at radius 3 is 2.39 bits per heavy atom. The number of thiophene rings is 1. The van der Waals surface area contributed by atoms with Crippen LogP contribution in [0, 0.1) is 17.7 Å². The zero-order valence-electron chi connectivity index (χ0n) is 21.3. The van der Waals surface area contributed by atoms with Crippen LogP contribution >= 0.6 is 11.3 Å². The predicted octanol–water partition coefficient (Wildman–Crippen LogP) is 7.81. The highest BCUT2D eigenvalue weighted by atomic mass is 32.1. The van der Waals surface area contributed by atoms with Gasteiger partial charge in [0.25, 0.3) is 0 Å². The number of carbonyl (C=O) groups is 1. The Morgan fingerprint density at radius 1 is 1.08 bits per heavy atom. The molecule has 0 amide bonds. The predicted molar refractivity (Wildman–Crippen MR) is 149 cm³/mol. The molecule has 5 rings (SSSR count). The summed E-state index contributed by atoms with van der Waals surface area (Å²) in [6.45, 7) is 8.36. The summed E-state index contributed by atoms with van der Waals surface area (Å²) in [4.78, 5) is 16.7. The summed E-state index contributed by atoms with van der Waals surface area (Å²) < 4.78 is 0. The van der Waals surface area contributed by atoms with Crippen molar-refractivity contribution in [2.45, 2.75) is 52.9 Å². The van der Waals surface area contributed by atoms with Gasteiger partial charge < -0.3 is 5.11 Å². The van der Waals surface area contributed by atoms with Crippen molar-refractivity contribution >= 4 is 34.4 Å². The van der Waals surface area contributed by atoms with E-state index < -0.39 is 5.92 Å². The highest BCUT2D eigenvalue weighted by molar-refractivity contribution is 7.10. The molecule has 184 valence electrons. The number of aliphatic hydroxyl groups is 1. The number of benzene rings is 2. The van der Waals surface area contributed by atoms with Gasteiger partial charge in [0.15, 0.2) is 5.78 Å². The van der Waals surface area contributed by atoms with Gasteiger partial charge in [0.2, 0.25) is 0 Å². The van der Waals surface area contributed by atoms with Crippen LogP contribution in [0.1, 0.15) is 61.1 Å². The lowest BCUT2D eigenvalue weighted by atomic mass is 9.68. The number of amidine groups is 1. The number of rotatable bonds is 4. The van der Waals surface area contributed by atoms with Crippen LogP contribution in [-0.2, 0) is 11.2 Å². The molecule has 2 heterocycles. The summed E-state index contributed by atoms with van der Waals surface area (Å²) in [6, 6.07) is 19.9. The van der Waals surface area contributed by atoms with E-state index in [1.165, 1.54) is 5.56 Å². The number of carbonyl (C=O) groups excluding carboxylic acids is 1. The topological polar surface area (TPSA) is 64.4 Å². The Kier molecular flexibility index (Phi) is 6.21. The van der Waals surface area contributed by atoms with Gasteiger partial charge in [0, 0.05) is 33.8 Å². The van der Waals surface area contributed by atoms with Crippen LogP contribution in [0.15, 0.2) is 82.9 Å². The van der Waals surface area contributed by atoms with E-state index in [2.05, 4.69) is 32.9 Å². The zero-order valence-corrected chi connectivity index (χ0v) is 22.1. The Hall–Kier alpha value is -3.44. The van der Waals surface area contributed by atoms with Gasteiger partial charge in [-0.05, 0) is 54.3 Å². The maximum atomic E-state index is 13.8. The quantitative estimate of drug-likeness (QED) is 0.362. The summed E-state index contributed by atoms with van der Waals surface area (Å²) in [5.74, 6) is -0.0992. The largest absolute Gasteiger partial charge is 0.507 e. The number of allylic oxidation sites excluding steroid dienone is 2. The molecule has 1 aliphatic carbocycles. The van der Waals surface area contributed by atoms with Gasteiger partial charge in [-0.15, -0.1) is 11.3 Å². The molecule has 0 saturated heterocycles. The van der Waals surface area contributed by atoms with Crippen molar-refractivity contribution in [2.24, 2.45) is 5.41 Å². The Morgan fingerprint density at radius 2 is 1.78 bits per heavy atom. The number of aliphatic hydroxyl groups excluding tert-OH is 1. The highest BCUT2D eigenvalue weighted by Crippen LogP contribution is 2.51. The van der Waals surface area contributed by atoms with Crippen LogP contribution in [0.25, 0.3) is 5.76 Å². The minimum atomic E-state index is -0.469. The minimum Gasteiger partial charge on any atom is -0.507 e. The molecule has 5 heteroatoms. The van der Waals surface area contributed by atoms with E-state index in [1.807, 2.05) is 65.7 Å². The second-order valence-electron chi connectivity index (χ2n) is 10.6. The summed E-state index contributed by atoms with van der Waals surface area (Å²) in [5, 5.41) is 23.2. The van der Waals surface area contributed by atoms with E-state index in [-0.39, 0.29) is 22.8 Å². The Balaban J connectivity index is 1.81. The first-order chi connectivity index (χ1) is 17.2. The molecule has 1 atom stereocenters. The number of Topliss-reactive ketones (excluding diaryl/α,β-unsaturated/α-hetero) is 1. The van der Waals surface area contributed by atoms with Gasteiger partial charge in [-0.2, -0.15) is 0 Å². The summed E-state index contributed by atoms with van der Waals surface area (Å²) in [5.41, 5.74) is 5.66. The van der Waals surface area contributed by atoms with Crippen LogP contribution in [0.4, 0.5) is 5.69 Å². The lowest BCUT2D eigenvalue weighted by molar-refractivity contribution is -0.118. The zero-order chi connectivity index (χ0) is 25.6. The first-order valence-corrected chi connectivity index (χ1v) is 13.4. The normalized spacial score (nSPS) is 21.0. The SMILES string of the molecule is CCc1ccc(N2C(=N)/C(=C(/O)c3ccc(C)cc3)C(c3cccs3)C3=C2CC(C)(C)CC3=O)cc1. The van der Waals surface area contributed by atoms with Gasteiger partial charge in [0.05, 0.1) is 11.5 Å². The van der Waals surface area contributed by atoms with E-state index >= 15 is 0 Å². The number of nitrogens with zero attached hydrogens (tertiary/aromatic N) is 1. The monoisotopic (exact) mass is 496 g/mol. The van der Waals surface area contributed by atoms with E-state index in [9.17, 15) is 15.3 Å². The second-order valence-corrected chi connectivity index (χ2v) is 11.6. The van der Waals surface area contributed by atoms with Crippen LogP contribution in [0.5, 0.6) is 0 Å². The van der Waals surface area contributed by atoms with Crippen LogP contribution < -0.4 is 4.90 Å². The summed E-state index contributed by atoms with van der Waals surface area (Å²) in [7, 11) is 0. The molecule has 1 unspecified atom stereocenters. The van der Waals surface area contributed by atoms with E-state index in [0.29, 0.717) is 29.6 Å². The molecule has 2 aliphatic rings. The number of nitrogens with one attached hydrogen (secondary N) is 1. The van der Waals surface area contributed by atoms with Gasteiger partial charge in [-0.3, -0.25) is 15.1 Å². The standard InChI is InChI=1S/C31H32N2O2S/c1-5-20-10-14-22(15-11-20)33-23-17-31(3,4)18-24(34)26(23)27(25-7-6-16-36-25)28(30(33)32)29(35)21-12-8-19(2)9-13-21/h6-16,27,32,35H,5,17-18H2,1-4H3/b29-28+,32-30?. The van der Waals surface area contributed by atoms with Crippen molar-refractivity contribution < 1.29 is 9.90 Å². The van der Waals surface area contributed by atoms with Gasteiger partial charge in [-0.25, -0.2) is 0 Å². The lowest BCUT2D eigenvalue weighted by Crippen LogP contribution is -2.45. The molecule has 0 spiro atoms. The van der Waals surface area contributed by atoms with Crippen LogP contribution in [-0.4, -0.2) is 16.7 Å². The van der Waals surface area contributed by atoms with Crippen molar-refractivity contribution in [1.29, 1.82) is 5.41 Å². The molecule has 1 aliphatic heterocycles. The van der Waals surface area contributed by atoms with Crippen molar-refractivity contribution in [3.05, 3.63) is 104 Å². The molecule has 36 heavy (non-hydrogen) atoms. The van der Waals surface area contributed by atoms with Gasteiger partial charge in [-0.1, -0.05) is 68.8 Å². The average molecular weight is 497 g/mol. The highest BCUT2D eigenvalue weighted by Gasteiger charge is 2.47. The van der Waals surface area contributed by atoms with E-state index in [4.69, 9.17) is 0 Å². The molecule has 3 aromatic rings. The fourth-order valence-electron chi connectivity index (χ4n) is 5.39. The minimum absolute atomic E-state index is 0.0535. The molecule has 2 aromatic carbocycles. The molecule has 0 fully saturated rings. The van der Waals surface area contributed by atoms with Gasteiger partial charge >= 0.3 is 0 Å². The molecule has 4 nitrogen and oxygen atoms in total. The van der Waals surface area contributed by atoms with Crippen molar-refractivity contribution in [2.75, 3.05) is 4.90 Å². The molecule has 2 N–H and O–H groups in total. The summed E-state index contributed by atoms with van der Waals surface area (Å²) >= 11 is 1.56. The second kappa shape index (κ2) is 9.21. The molecule has 0 bridgehead atoms. The molecular weight excluding hydrogens is 464 g/mol. The molecule has 1 aromatic heterocycles. The number of hydrogen-bond donors (Lipinski definition) is 2. The number of ketones is 1. The third kappa shape index (κ3) is 4.22. The molecule has 0 saturated carbocycles. The number of anilines is 1. The van der Waals surface area contributed by atoms with Crippen molar-refractivity contribution in [3.63, 3.8) is 0 Å².